The van der Waals surface area contributed by atoms with Crippen LogP contribution in [0.3, 0.4) is 0 Å². The average Bonchev–Trinajstić information content (AvgIpc) is 3.09. The number of anilines is 1. The molecular formula is C15H22N2O3. The van der Waals surface area contributed by atoms with Crippen LogP contribution in [0.5, 0.6) is 5.75 Å². The van der Waals surface area contributed by atoms with E-state index in [1.54, 1.807) is 32.9 Å². The van der Waals surface area contributed by atoms with Gasteiger partial charge in [-0.3, -0.25) is 5.32 Å². The molecule has 0 aliphatic heterocycles. The van der Waals surface area contributed by atoms with E-state index < -0.39 is 11.7 Å². The molecule has 1 aliphatic rings. The van der Waals surface area contributed by atoms with Crippen molar-refractivity contribution in [1.29, 1.82) is 0 Å². The normalized spacial score (nSPS) is 21.4. The Balaban J connectivity index is 2.07. The molecule has 1 amide bonds. The van der Waals surface area contributed by atoms with E-state index in [1.165, 1.54) is 0 Å². The largest absolute Gasteiger partial charge is 0.506 e. The molecule has 1 fully saturated rings. The number of benzene rings is 1. The number of nitrogens with two attached hydrogens (primary N) is 1. The molecule has 2 rings (SSSR count). The van der Waals surface area contributed by atoms with Crippen molar-refractivity contribution >= 4 is 11.8 Å². The van der Waals surface area contributed by atoms with Gasteiger partial charge in [-0.05, 0) is 63.3 Å². The summed E-state index contributed by atoms with van der Waals surface area (Å²) in [7, 11) is 0. The molecule has 2 atom stereocenters. The first kappa shape index (κ1) is 14.7. The molecule has 0 spiro atoms. The van der Waals surface area contributed by atoms with Crippen molar-refractivity contribution in [2.45, 2.75) is 38.7 Å². The van der Waals surface area contributed by atoms with Crippen molar-refractivity contribution in [2.75, 3.05) is 11.9 Å². The Morgan fingerprint density at radius 3 is 2.75 bits per heavy atom. The lowest BCUT2D eigenvalue weighted by Crippen LogP contribution is -2.27. The molecule has 110 valence electrons. The van der Waals surface area contributed by atoms with Crippen molar-refractivity contribution in [2.24, 2.45) is 11.7 Å². The lowest BCUT2D eigenvalue weighted by molar-refractivity contribution is 0.0635. The van der Waals surface area contributed by atoms with Crippen LogP contribution < -0.4 is 11.1 Å². The molecule has 1 aromatic carbocycles. The molecule has 1 saturated carbocycles. The molecule has 1 aliphatic carbocycles. The number of hydrogen-bond acceptors (Lipinski definition) is 4. The second-order valence-electron chi connectivity index (χ2n) is 6.24. The zero-order valence-corrected chi connectivity index (χ0v) is 12.1. The smallest absolute Gasteiger partial charge is 0.412 e. The SMILES string of the molecule is CC(C)(C)OC(=O)Nc1cc([C@@H]2C[C@H]2CN)ccc1O. The van der Waals surface area contributed by atoms with Crippen molar-refractivity contribution in [3.05, 3.63) is 23.8 Å². The Morgan fingerprint density at radius 2 is 2.20 bits per heavy atom. The summed E-state index contributed by atoms with van der Waals surface area (Å²) in [5.74, 6) is 0.971. The molecule has 0 radical (unpaired) electrons. The molecule has 5 heteroatoms. The van der Waals surface area contributed by atoms with Gasteiger partial charge >= 0.3 is 6.09 Å². The zero-order chi connectivity index (χ0) is 14.9. The van der Waals surface area contributed by atoms with Crippen LogP contribution in [-0.4, -0.2) is 23.3 Å². The van der Waals surface area contributed by atoms with E-state index >= 15 is 0 Å². The highest BCUT2D eigenvalue weighted by atomic mass is 16.6. The fraction of sp³-hybridized carbons (Fsp3) is 0.533. The highest BCUT2D eigenvalue weighted by Gasteiger charge is 2.37. The molecule has 20 heavy (non-hydrogen) atoms. The molecule has 1 aromatic rings. The number of aromatic hydroxyl groups is 1. The van der Waals surface area contributed by atoms with Gasteiger partial charge in [-0.2, -0.15) is 0 Å². The topological polar surface area (TPSA) is 84.6 Å². The fourth-order valence-corrected chi connectivity index (χ4v) is 2.21. The number of phenols is 1. The van der Waals surface area contributed by atoms with Gasteiger partial charge in [-0.15, -0.1) is 0 Å². The Hall–Kier alpha value is -1.75. The van der Waals surface area contributed by atoms with Gasteiger partial charge in [-0.25, -0.2) is 4.79 Å². The Morgan fingerprint density at radius 1 is 1.50 bits per heavy atom. The van der Waals surface area contributed by atoms with E-state index in [2.05, 4.69) is 5.32 Å². The summed E-state index contributed by atoms with van der Waals surface area (Å²) >= 11 is 0. The van der Waals surface area contributed by atoms with Crippen LogP contribution in [0.2, 0.25) is 0 Å². The maximum atomic E-state index is 11.7. The van der Waals surface area contributed by atoms with Gasteiger partial charge < -0.3 is 15.6 Å². The first-order chi connectivity index (χ1) is 9.30. The van der Waals surface area contributed by atoms with E-state index in [9.17, 15) is 9.90 Å². The van der Waals surface area contributed by atoms with Crippen molar-refractivity contribution in [1.82, 2.24) is 0 Å². The van der Waals surface area contributed by atoms with Crippen LogP contribution >= 0.6 is 0 Å². The van der Waals surface area contributed by atoms with Gasteiger partial charge in [0.15, 0.2) is 0 Å². The number of carbonyl (C=O) groups is 1. The molecule has 0 bridgehead atoms. The van der Waals surface area contributed by atoms with Gasteiger partial charge in [0.05, 0.1) is 5.69 Å². The van der Waals surface area contributed by atoms with Gasteiger partial charge in [0.2, 0.25) is 0 Å². The standard InChI is InChI=1S/C15H22N2O3/c1-15(2,3)20-14(19)17-12-7-9(4-5-13(12)18)11-6-10(11)8-16/h4-5,7,10-11,18H,6,8,16H2,1-3H3,(H,17,19)/t10-,11-/m0/s1. The first-order valence-electron chi connectivity index (χ1n) is 6.83. The maximum absolute atomic E-state index is 11.7. The molecular weight excluding hydrogens is 256 g/mol. The Bertz CT molecular complexity index is 508. The number of hydrogen-bond donors (Lipinski definition) is 3. The highest BCUT2D eigenvalue weighted by Crippen LogP contribution is 2.47. The maximum Gasteiger partial charge on any atom is 0.412 e. The number of carbonyl (C=O) groups excluding carboxylic acids is 1. The van der Waals surface area contributed by atoms with Crippen LogP contribution in [0, 0.1) is 5.92 Å². The predicted molar refractivity (Wildman–Crippen MR) is 77.9 cm³/mol. The summed E-state index contributed by atoms with van der Waals surface area (Å²) in [6.07, 6.45) is 0.490. The van der Waals surface area contributed by atoms with Crippen LogP contribution in [0.15, 0.2) is 18.2 Å². The van der Waals surface area contributed by atoms with Crippen LogP contribution in [0.1, 0.15) is 38.7 Å². The monoisotopic (exact) mass is 278 g/mol. The third kappa shape index (κ3) is 3.63. The van der Waals surface area contributed by atoms with Crippen LogP contribution in [0.25, 0.3) is 0 Å². The molecule has 0 heterocycles. The summed E-state index contributed by atoms with van der Waals surface area (Å²) in [5.41, 5.74) is 6.53. The van der Waals surface area contributed by atoms with Crippen molar-refractivity contribution in [3.8, 4) is 5.75 Å². The van der Waals surface area contributed by atoms with Crippen LogP contribution in [0.4, 0.5) is 10.5 Å². The number of amides is 1. The van der Waals surface area contributed by atoms with Crippen molar-refractivity contribution < 1.29 is 14.6 Å². The van der Waals surface area contributed by atoms with E-state index in [1.807, 2.05) is 6.07 Å². The summed E-state index contributed by atoms with van der Waals surface area (Å²) < 4.78 is 5.17. The van der Waals surface area contributed by atoms with E-state index in [0.29, 0.717) is 24.1 Å². The minimum absolute atomic E-state index is 0.0320. The molecule has 4 N–H and O–H groups in total. The summed E-state index contributed by atoms with van der Waals surface area (Å²) in [6, 6.07) is 5.25. The zero-order valence-electron chi connectivity index (χ0n) is 12.1. The van der Waals surface area contributed by atoms with E-state index in [-0.39, 0.29) is 5.75 Å². The van der Waals surface area contributed by atoms with E-state index in [0.717, 1.165) is 12.0 Å². The van der Waals surface area contributed by atoms with Gasteiger partial charge in [0.1, 0.15) is 11.4 Å². The van der Waals surface area contributed by atoms with Gasteiger partial charge in [-0.1, -0.05) is 6.07 Å². The summed E-state index contributed by atoms with van der Waals surface area (Å²) in [5, 5.41) is 12.4. The summed E-state index contributed by atoms with van der Waals surface area (Å²) in [6.45, 7) is 6.04. The highest BCUT2D eigenvalue weighted by molar-refractivity contribution is 5.87. The van der Waals surface area contributed by atoms with E-state index in [4.69, 9.17) is 10.5 Å². The minimum atomic E-state index is -0.573. The van der Waals surface area contributed by atoms with Gasteiger partial charge in [0.25, 0.3) is 0 Å². The third-order valence-electron chi connectivity index (χ3n) is 3.31. The second-order valence-corrected chi connectivity index (χ2v) is 6.24. The quantitative estimate of drug-likeness (QED) is 0.742. The molecule has 0 aromatic heterocycles. The summed E-state index contributed by atoms with van der Waals surface area (Å²) in [4.78, 5) is 11.7. The minimum Gasteiger partial charge on any atom is -0.506 e. The Labute approximate surface area is 119 Å². The lowest BCUT2D eigenvalue weighted by Gasteiger charge is -2.20. The molecule has 0 unspecified atom stereocenters. The number of ether oxygens (including phenoxy) is 1. The third-order valence-corrected chi connectivity index (χ3v) is 3.31. The first-order valence-corrected chi connectivity index (χ1v) is 6.83. The Kier molecular flexibility index (Phi) is 3.90. The average molecular weight is 278 g/mol. The number of nitrogens with one attached hydrogen (secondary N) is 1. The fourth-order valence-electron chi connectivity index (χ4n) is 2.21. The van der Waals surface area contributed by atoms with Gasteiger partial charge in [0, 0.05) is 0 Å². The van der Waals surface area contributed by atoms with Crippen LogP contribution in [-0.2, 0) is 4.74 Å². The molecule has 0 saturated heterocycles. The second kappa shape index (κ2) is 5.32. The number of rotatable bonds is 3. The lowest BCUT2D eigenvalue weighted by atomic mass is 10.1. The number of phenolic OH excluding ortho intramolecular Hbond substituents is 1. The molecule has 5 nitrogen and oxygen atoms in total. The van der Waals surface area contributed by atoms with Crippen molar-refractivity contribution in [3.63, 3.8) is 0 Å². The predicted octanol–water partition coefficient (Wildman–Crippen LogP) is 2.80.